The Hall–Kier alpha value is -0.570. The van der Waals surface area contributed by atoms with E-state index in [-0.39, 0.29) is 0 Å². The highest BCUT2D eigenvalue weighted by Crippen LogP contribution is 2.39. The first-order valence-electron chi connectivity index (χ1n) is 5.16. The molecular weight excluding hydrogens is 166 g/mol. The van der Waals surface area contributed by atoms with Gasteiger partial charge in [0, 0.05) is 18.6 Å². The second-order valence-electron chi connectivity index (χ2n) is 4.38. The van der Waals surface area contributed by atoms with E-state index in [4.69, 9.17) is 5.11 Å². The molecule has 1 saturated carbocycles. The highest BCUT2D eigenvalue weighted by molar-refractivity contribution is 5.67. The average molecular weight is 183 g/mol. The quantitative estimate of drug-likeness (QED) is 0.715. The molecule has 1 saturated heterocycles. The molecule has 0 aromatic carbocycles. The lowest BCUT2D eigenvalue weighted by atomic mass is 9.97. The molecule has 0 aromatic rings. The van der Waals surface area contributed by atoms with Crippen molar-refractivity contribution in [2.45, 2.75) is 44.7 Å². The summed E-state index contributed by atoms with van der Waals surface area (Å²) in [6, 6.07) is 0.950. The SMILES string of the molecule is CC1CCN1C(CC(=O)O)C1CC1. The number of aliphatic carboxylic acids is 1. The normalized spacial score (nSPS) is 31.0. The van der Waals surface area contributed by atoms with Gasteiger partial charge in [0.1, 0.15) is 0 Å². The van der Waals surface area contributed by atoms with Crippen molar-refractivity contribution >= 4 is 5.97 Å². The van der Waals surface area contributed by atoms with Gasteiger partial charge in [0.15, 0.2) is 0 Å². The van der Waals surface area contributed by atoms with Crippen LogP contribution >= 0.6 is 0 Å². The third-order valence-electron chi connectivity index (χ3n) is 3.35. The molecule has 0 aromatic heterocycles. The molecule has 2 aliphatic rings. The van der Waals surface area contributed by atoms with Gasteiger partial charge in [0.25, 0.3) is 0 Å². The van der Waals surface area contributed by atoms with Crippen molar-refractivity contribution in [1.82, 2.24) is 4.90 Å². The van der Waals surface area contributed by atoms with E-state index in [1.54, 1.807) is 0 Å². The third-order valence-corrected chi connectivity index (χ3v) is 3.35. The number of hydrogen-bond acceptors (Lipinski definition) is 2. The average Bonchev–Trinajstić information content (AvgIpc) is 2.82. The van der Waals surface area contributed by atoms with Crippen molar-refractivity contribution < 1.29 is 9.90 Å². The van der Waals surface area contributed by atoms with E-state index in [9.17, 15) is 4.79 Å². The summed E-state index contributed by atoms with van der Waals surface area (Å²) in [5.41, 5.74) is 0. The van der Waals surface area contributed by atoms with Gasteiger partial charge in [-0.15, -0.1) is 0 Å². The highest BCUT2D eigenvalue weighted by Gasteiger charge is 2.41. The molecule has 2 fully saturated rings. The topological polar surface area (TPSA) is 40.5 Å². The van der Waals surface area contributed by atoms with Crippen LogP contribution in [0.15, 0.2) is 0 Å². The van der Waals surface area contributed by atoms with Crippen LogP contribution in [-0.2, 0) is 4.79 Å². The Labute approximate surface area is 78.7 Å². The third kappa shape index (κ3) is 1.85. The predicted molar refractivity (Wildman–Crippen MR) is 49.5 cm³/mol. The Morgan fingerprint density at radius 2 is 2.23 bits per heavy atom. The zero-order valence-corrected chi connectivity index (χ0v) is 8.07. The van der Waals surface area contributed by atoms with Crippen LogP contribution in [0.25, 0.3) is 0 Å². The highest BCUT2D eigenvalue weighted by atomic mass is 16.4. The maximum absolute atomic E-state index is 10.7. The van der Waals surface area contributed by atoms with Gasteiger partial charge in [-0.2, -0.15) is 0 Å². The van der Waals surface area contributed by atoms with Crippen LogP contribution in [0.3, 0.4) is 0 Å². The van der Waals surface area contributed by atoms with Gasteiger partial charge in [0.2, 0.25) is 0 Å². The number of carboxylic acids is 1. The monoisotopic (exact) mass is 183 g/mol. The minimum atomic E-state index is -0.643. The van der Waals surface area contributed by atoms with Crippen LogP contribution < -0.4 is 0 Å². The summed E-state index contributed by atoms with van der Waals surface area (Å²) in [6.45, 7) is 3.30. The molecule has 2 rings (SSSR count). The van der Waals surface area contributed by atoms with Gasteiger partial charge in [-0.1, -0.05) is 0 Å². The second kappa shape index (κ2) is 3.29. The first-order valence-corrected chi connectivity index (χ1v) is 5.16. The smallest absolute Gasteiger partial charge is 0.304 e. The molecule has 74 valence electrons. The molecule has 0 amide bonds. The van der Waals surface area contributed by atoms with E-state index in [1.165, 1.54) is 19.3 Å². The standard InChI is InChI=1S/C10H17NO2/c1-7-4-5-11(7)9(6-10(12)13)8-2-3-8/h7-9H,2-6H2,1H3,(H,12,13). The van der Waals surface area contributed by atoms with Crippen LogP contribution in [0.2, 0.25) is 0 Å². The van der Waals surface area contributed by atoms with Gasteiger partial charge < -0.3 is 5.11 Å². The predicted octanol–water partition coefficient (Wildman–Crippen LogP) is 1.33. The van der Waals surface area contributed by atoms with Crippen molar-refractivity contribution in [1.29, 1.82) is 0 Å². The number of carboxylic acid groups (broad SMARTS) is 1. The lowest BCUT2D eigenvalue weighted by Crippen LogP contribution is -2.53. The number of rotatable bonds is 4. The van der Waals surface area contributed by atoms with Gasteiger partial charge in [0.05, 0.1) is 6.42 Å². The zero-order chi connectivity index (χ0) is 9.42. The Kier molecular flexibility index (Phi) is 2.28. The number of carbonyl (C=O) groups is 1. The first-order chi connectivity index (χ1) is 6.18. The molecule has 0 radical (unpaired) electrons. The zero-order valence-electron chi connectivity index (χ0n) is 8.07. The summed E-state index contributed by atoms with van der Waals surface area (Å²) in [6.07, 6.45) is 4.06. The molecule has 3 heteroatoms. The van der Waals surface area contributed by atoms with Crippen molar-refractivity contribution in [2.75, 3.05) is 6.54 Å². The Bertz CT molecular complexity index is 213. The van der Waals surface area contributed by atoms with Crippen LogP contribution in [0.4, 0.5) is 0 Å². The summed E-state index contributed by atoms with van der Waals surface area (Å²) in [5.74, 6) is 0.0369. The summed E-state index contributed by atoms with van der Waals surface area (Å²) < 4.78 is 0. The van der Waals surface area contributed by atoms with E-state index in [2.05, 4.69) is 11.8 Å². The molecule has 1 aliphatic heterocycles. The van der Waals surface area contributed by atoms with Crippen LogP contribution in [0.1, 0.15) is 32.6 Å². The van der Waals surface area contributed by atoms with Crippen LogP contribution in [0.5, 0.6) is 0 Å². The van der Waals surface area contributed by atoms with Crippen molar-refractivity contribution in [3.8, 4) is 0 Å². The Morgan fingerprint density at radius 1 is 1.54 bits per heavy atom. The lowest BCUT2D eigenvalue weighted by molar-refractivity contribution is -0.139. The molecule has 0 bridgehead atoms. The molecular formula is C10H17NO2. The van der Waals surface area contributed by atoms with Gasteiger partial charge >= 0.3 is 5.97 Å². The molecule has 2 atom stereocenters. The van der Waals surface area contributed by atoms with Crippen molar-refractivity contribution in [2.24, 2.45) is 5.92 Å². The number of hydrogen-bond donors (Lipinski definition) is 1. The minimum Gasteiger partial charge on any atom is -0.481 e. The van der Waals surface area contributed by atoms with Crippen LogP contribution in [-0.4, -0.2) is 34.6 Å². The largest absolute Gasteiger partial charge is 0.481 e. The second-order valence-corrected chi connectivity index (χ2v) is 4.38. The fraction of sp³-hybridized carbons (Fsp3) is 0.900. The number of nitrogens with zero attached hydrogens (tertiary/aromatic N) is 1. The summed E-state index contributed by atoms with van der Waals surface area (Å²) in [5, 5.41) is 8.79. The van der Waals surface area contributed by atoms with Gasteiger partial charge in [-0.05, 0) is 32.1 Å². The van der Waals surface area contributed by atoms with E-state index in [0.717, 1.165) is 6.54 Å². The summed E-state index contributed by atoms with van der Waals surface area (Å²) in [4.78, 5) is 13.0. The van der Waals surface area contributed by atoms with Crippen molar-refractivity contribution in [3.63, 3.8) is 0 Å². The Balaban J connectivity index is 1.92. The Morgan fingerprint density at radius 3 is 2.54 bits per heavy atom. The minimum absolute atomic E-state index is 0.334. The molecule has 3 nitrogen and oxygen atoms in total. The number of likely N-dealkylation sites (tertiary alicyclic amines) is 1. The van der Waals surface area contributed by atoms with E-state index < -0.39 is 5.97 Å². The molecule has 1 aliphatic carbocycles. The fourth-order valence-corrected chi connectivity index (χ4v) is 2.24. The molecule has 0 spiro atoms. The van der Waals surface area contributed by atoms with E-state index >= 15 is 0 Å². The maximum atomic E-state index is 10.7. The molecule has 1 heterocycles. The van der Waals surface area contributed by atoms with Crippen molar-refractivity contribution in [3.05, 3.63) is 0 Å². The molecule has 1 N–H and O–H groups in total. The molecule has 13 heavy (non-hydrogen) atoms. The fourth-order valence-electron chi connectivity index (χ4n) is 2.24. The summed E-state index contributed by atoms with van der Waals surface area (Å²) in [7, 11) is 0. The van der Waals surface area contributed by atoms with Gasteiger partial charge in [-0.25, -0.2) is 0 Å². The maximum Gasteiger partial charge on any atom is 0.304 e. The molecule has 2 unspecified atom stereocenters. The van der Waals surface area contributed by atoms with Crippen LogP contribution in [0, 0.1) is 5.92 Å². The van der Waals surface area contributed by atoms with E-state index in [1.807, 2.05) is 0 Å². The first kappa shape index (κ1) is 9.00. The van der Waals surface area contributed by atoms with Gasteiger partial charge in [-0.3, -0.25) is 9.69 Å². The summed E-state index contributed by atoms with van der Waals surface area (Å²) >= 11 is 0. The van der Waals surface area contributed by atoms with E-state index in [0.29, 0.717) is 24.4 Å². The lowest BCUT2D eigenvalue weighted by Gasteiger charge is -2.44.